The van der Waals surface area contributed by atoms with Crippen molar-refractivity contribution in [2.75, 3.05) is 0 Å². The van der Waals surface area contributed by atoms with Crippen LogP contribution in [0.25, 0.3) is 0 Å². The van der Waals surface area contributed by atoms with Crippen molar-refractivity contribution in [2.45, 2.75) is 85.2 Å². The van der Waals surface area contributed by atoms with Gasteiger partial charge < -0.3 is 5.11 Å². The van der Waals surface area contributed by atoms with E-state index in [9.17, 15) is 5.11 Å². The summed E-state index contributed by atoms with van der Waals surface area (Å²) in [7, 11) is 0. The van der Waals surface area contributed by atoms with Gasteiger partial charge in [-0.05, 0) is 24.7 Å². The van der Waals surface area contributed by atoms with Crippen LogP contribution in [0.2, 0.25) is 0 Å². The topological polar surface area (TPSA) is 20.2 Å². The quantitative estimate of drug-likeness (QED) is 0.570. The minimum Gasteiger partial charge on any atom is -0.393 e. The highest BCUT2D eigenvalue weighted by molar-refractivity contribution is 4.59. The second-order valence-electron chi connectivity index (χ2n) is 5.80. The van der Waals surface area contributed by atoms with Gasteiger partial charge in [-0.15, -0.1) is 0 Å². The van der Waals surface area contributed by atoms with Crippen LogP contribution in [0, 0.1) is 11.8 Å². The maximum Gasteiger partial charge on any atom is 0.0540 e. The molecule has 0 amide bonds. The zero-order chi connectivity index (χ0) is 12.4. The van der Waals surface area contributed by atoms with E-state index in [-0.39, 0.29) is 6.10 Å². The highest BCUT2D eigenvalue weighted by atomic mass is 16.3. The zero-order valence-corrected chi connectivity index (χ0v) is 11.8. The Morgan fingerprint density at radius 1 is 0.812 bits per heavy atom. The molecule has 98 valence electrons. The van der Waals surface area contributed by atoms with Crippen LogP contribution in [-0.2, 0) is 0 Å². The summed E-state index contributed by atoms with van der Waals surface area (Å²) in [4.78, 5) is 0. The fourth-order valence-corrected chi connectivity index (χ4v) is 2.20. The van der Waals surface area contributed by atoms with Crippen molar-refractivity contribution in [3.63, 3.8) is 0 Å². The van der Waals surface area contributed by atoms with Crippen molar-refractivity contribution < 1.29 is 5.11 Å². The van der Waals surface area contributed by atoms with Crippen LogP contribution in [0.5, 0.6) is 0 Å². The number of hydrogen-bond donors (Lipinski definition) is 1. The summed E-state index contributed by atoms with van der Waals surface area (Å²) in [6.45, 7) is 9.09. The smallest absolute Gasteiger partial charge is 0.0540 e. The van der Waals surface area contributed by atoms with E-state index in [4.69, 9.17) is 0 Å². The molecule has 0 saturated carbocycles. The lowest BCUT2D eigenvalue weighted by Gasteiger charge is -2.14. The van der Waals surface area contributed by atoms with Crippen LogP contribution >= 0.6 is 0 Å². The van der Waals surface area contributed by atoms with Gasteiger partial charge in [0.05, 0.1) is 6.10 Å². The molecule has 0 fully saturated rings. The van der Waals surface area contributed by atoms with Gasteiger partial charge >= 0.3 is 0 Å². The van der Waals surface area contributed by atoms with Crippen LogP contribution in [0.3, 0.4) is 0 Å². The fraction of sp³-hybridized carbons (Fsp3) is 1.00. The highest BCUT2D eigenvalue weighted by Crippen LogP contribution is 2.18. The molecule has 0 heterocycles. The van der Waals surface area contributed by atoms with E-state index < -0.39 is 0 Å². The van der Waals surface area contributed by atoms with E-state index in [1.54, 1.807) is 0 Å². The molecule has 0 aromatic rings. The normalized spacial score (nSPS) is 15.4. The molecule has 0 rings (SSSR count). The zero-order valence-electron chi connectivity index (χ0n) is 11.8. The van der Waals surface area contributed by atoms with Crippen molar-refractivity contribution in [1.82, 2.24) is 0 Å². The molecular weight excluding hydrogens is 196 g/mol. The first kappa shape index (κ1) is 16.0. The van der Waals surface area contributed by atoms with Gasteiger partial charge in [0.25, 0.3) is 0 Å². The summed E-state index contributed by atoms with van der Waals surface area (Å²) in [5, 5.41) is 9.61. The van der Waals surface area contributed by atoms with E-state index in [0.29, 0.717) is 0 Å². The Hall–Kier alpha value is -0.0400. The summed E-state index contributed by atoms with van der Waals surface area (Å²) < 4.78 is 0. The molecule has 0 bridgehead atoms. The Morgan fingerprint density at radius 3 is 1.88 bits per heavy atom. The first-order valence-electron chi connectivity index (χ1n) is 7.24. The molecule has 1 heteroatoms. The molecule has 0 spiro atoms. The average Bonchev–Trinajstić information content (AvgIpc) is 2.17. The second kappa shape index (κ2) is 10.1. The molecule has 1 nitrogen and oxygen atoms in total. The molecule has 0 aliphatic heterocycles. The van der Waals surface area contributed by atoms with Gasteiger partial charge in [-0.3, -0.25) is 0 Å². The van der Waals surface area contributed by atoms with Crippen LogP contribution in [-0.4, -0.2) is 11.2 Å². The van der Waals surface area contributed by atoms with E-state index in [2.05, 4.69) is 27.7 Å². The van der Waals surface area contributed by atoms with Gasteiger partial charge in [0.1, 0.15) is 0 Å². The minimum atomic E-state index is -0.0483. The Balaban J connectivity index is 3.32. The Bertz CT molecular complexity index is 142. The van der Waals surface area contributed by atoms with E-state index >= 15 is 0 Å². The minimum absolute atomic E-state index is 0.0483. The number of rotatable bonds is 10. The Labute approximate surface area is 103 Å². The molecule has 2 unspecified atom stereocenters. The maximum atomic E-state index is 9.61. The standard InChI is InChI=1S/C15H32O/c1-5-8-15(16)12-7-11-14(4)10-6-9-13(2)3/h13-16H,5-12H2,1-4H3. The molecule has 0 aromatic heterocycles. The van der Waals surface area contributed by atoms with Gasteiger partial charge in [-0.2, -0.15) is 0 Å². The second-order valence-corrected chi connectivity index (χ2v) is 5.80. The molecule has 16 heavy (non-hydrogen) atoms. The van der Waals surface area contributed by atoms with Crippen molar-refractivity contribution in [2.24, 2.45) is 11.8 Å². The van der Waals surface area contributed by atoms with Gasteiger partial charge in [0, 0.05) is 0 Å². The molecule has 1 N–H and O–H groups in total. The summed E-state index contributed by atoms with van der Waals surface area (Å²) in [6.07, 6.45) is 9.62. The first-order valence-corrected chi connectivity index (χ1v) is 7.24. The van der Waals surface area contributed by atoms with Crippen LogP contribution in [0.1, 0.15) is 79.1 Å². The lowest BCUT2D eigenvalue weighted by atomic mass is 9.94. The van der Waals surface area contributed by atoms with Gasteiger partial charge in [-0.25, -0.2) is 0 Å². The first-order chi connectivity index (χ1) is 7.56. The van der Waals surface area contributed by atoms with E-state index in [1.165, 1.54) is 32.1 Å². The lowest BCUT2D eigenvalue weighted by molar-refractivity contribution is 0.148. The number of hydrogen-bond acceptors (Lipinski definition) is 1. The van der Waals surface area contributed by atoms with Crippen LogP contribution in [0.4, 0.5) is 0 Å². The fourth-order valence-electron chi connectivity index (χ4n) is 2.20. The highest BCUT2D eigenvalue weighted by Gasteiger charge is 2.06. The van der Waals surface area contributed by atoms with Gasteiger partial charge in [0.2, 0.25) is 0 Å². The van der Waals surface area contributed by atoms with Gasteiger partial charge in [0.15, 0.2) is 0 Å². The number of aliphatic hydroxyl groups excluding tert-OH is 1. The van der Waals surface area contributed by atoms with Gasteiger partial charge in [-0.1, -0.05) is 66.2 Å². The third-order valence-electron chi connectivity index (χ3n) is 3.33. The van der Waals surface area contributed by atoms with Crippen LogP contribution in [0.15, 0.2) is 0 Å². The summed E-state index contributed by atoms with van der Waals surface area (Å²) in [5.74, 6) is 1.69. The molecule has 0 radical (unpaired) electrons. The van der Waals surface area contributed by atoms with Crippen molar-refractivity contribution in [3.05, 3.63) is 0 Å². The predicted octanol–water partition coefficient (Wildman–Crippen LogP) is 4.78. The van der Waals surface area contributed by atoms with Crippen molar-refractivity contribution >= 4 is 0 Å². The summed E-state index contributed by atoms with van der Waals surface area (Å²) in [6, 6.07) is 0. The monoisotopic (exact) mass is 228 g/mol. The largest absolute Gasteiger partial charge is 0.393 e. The molecule has 0 aliphatic rings. The molecule has 0 aliphatic carbocycles. The third kappa shape index (κ3) is 10.5. The van der Waals surface area contributed by atoms with Crippen molar-refractivity contribution in [1.29, 1.82) is 0 Å². The lowest BCUT2D eigenvalue weighted by Crippen LogP contribution is -2.06. The van der Waals surface area contributed by atoms with E-state index in [0.717, 1.165) is 31.1 Å². The SMILES string of the molecule is CCCC(O)CCCC(C)CCCC(C)C. The maximum absolute atomic E-state index is 9.61. The molecule has 2 atom stereocenters. The Morgan fingerprint density at radius 2 is 1.38 bits per heavy atom. The third-order valence-corrected chi connectivity index (χ3v) is 3.33. The predicted molar refractivity (Wildman–Crippen MR) is 72.6 cm³/mol. The molecule has 0 saturated heterocycles. The number of aliphatic hydroxyl groups is 1. The molecule has 0 aromatic carbocycles. The van der Waals surface area contributed by atoms with Crippen LogP contribution < -0.4 is 0 Å². The molecular formula is C15H32O. The summed E-state index contributed by atoms with van der Waals surface area (Å²) >= 11 is 0. The van der Waals surface area contributed by atoms with E-state index in [1.807, 2.05) is 0 Å². The Kier molecular flexibility index (Phi) is 10.1. The van der Waals surface area contributed by atoms with Crippen molar-refractivity contribution in [3.8, 4) is 0 Å². The summed E-state index contributed by atoms with van der Waals surface area (Å²) in [5.41, 5.74) is 0. The average molecular weight is 228 g/mol.